The number of aryl methyl sites for hydroxylation is 1. The molecule has 2 aliphatic rings. The molecule has 5 nitrogen and oxygen atoms in total. The topological polar surface area (TPSA) is 45.6 Å². The van der Waals surface area contributed by atoms with Crippen molar-refractivity contribution in [3.63, 3.8) is 0 Å². The number of nitrogens with zero attached hydrogens (tertiary/aromatic N) is 3. The van der Waals surface area contributed by atoms with Gasteiger partial charge in [0.15, 0.2) is 0 Å². The van der Waals surface area contributed by atoms with Gasteiger partial charge in [0.05, 0.1) is 13.1 Å². The summed E-state index contributed by atoms with van der Waals surface area (Å²) in [5, 5.41) is 0. The first-order valence-corrected chi connectivity index (χ1v) is 10.8. The molecular weight excluding hydrogens is 338 g/mol. The second-order valence-electron chi connectivity index (χ2n) is 8.31. The molecule has 1 aromatic heterocycles. The molecule has 1 aromatic rings. The number of hydrogen-bond acceptors (Lipinski definition) is 2. The van der Waals surface area contributed by atoms with Crippen molar-refractivity contribution in [2.24, 2.45) is 13.0 Å². The molecule has 0 unspecified atom stereocenters. The van der Waals surface area contributed by atoms with E-state index in [0.29, 0.717) is 19.1 Å². The molecular formula is C22H35N3O2. The Bertz CT molecular complexity index is 629. The molecule has 2 amide bonds. The van der Waals surface area contributed by atoms with E-state index in [1.165, 1.54) is 6.42 Å². The summed E-state index contributed by atoms with van der Waals surface area (Å²) in [5.41, 5.74) is 1.15. The van der Waals surface area contributed by atoms with Gasteiger partial charge >= 0.3 is 0 Å². The Kier molecular flexibility index (Phi) is 6.97. The Morgan fingerprint density at radius 1 is 1.15 bits per heavy atom. The second-order valence-corrected chi connectivity index (χ2v) is 8.31. The largest absolute Gasteiger partial charge is 0.353 e. The van der Waals surface area contributed by atoms with E-state index < -0.39 is 0 Å². The average molecular weight is 374 g/mol. The summed E-state index contributed by atoms with van der Waals surface area (Å²) < 4.78 is 2.07. The highest BCUT2D eigenvalue weighted by Gasteiger charge is 2.35. The highest BCUT2D eigenvalue weighted by Crippen LogP contribution is 2.29. The number of carbonyl (C=O) groups excluding carboxylic acids is 2. The second kappa shape index (κ2) is 9.43. The molecule has 0 saturated heterocycles. The van der Waals surface area contributed by atoms with Gasteiger partial charge in [-0.3, -0.25) is 9.59 Å². The van der Waals surface area contributed by atoms with Crippen LogP contribution in [0.4, 0.5) is 0 Å². The summed E-state index contributed by atoms with van der Waals surface area (Å²) in [6.07, 6.45) is 11.7. The molecule has 0 radical (unpaired) electrons. The molecule has 2 aliphatic carbocycles. The molecule has 0 bridgehead atoms. The van der Waals surface area contributed by atoms with Crippen LogP contribution in [0.2, 0.25) is 0 Å². The third kappa shape index (κ3) is 5.36. The maximum absolute atomic E-state index is 13.1. The Labute approximate surface area is 163 Å². The summed E-state index contributed by atoms with van der Waals surface area (Å²) in [4.78, 5) is 30.1. The van der Waals surface area contributed by atoms with E-state index in [-0.39, 0.29) is 24.3 Å². The van der Waals surface area contributed by atoms with Gasteiger partial charge in [-0.2, -0.15) is 0 Å². The number of unbranched alkanes of at least 4 members (excludes halogenated alkanes) is 1. The SMILES string of the molecule is CCCCN(CC(=O)N(Cc1cccn1C)C1CC1)C(=O)C1CCCCC1. The standard InChI is InChI=1S/C22H35N3O2/c1-3-4-15-24(22(27)18-9-6-5-7-10-18)17-21(26)25(19-12-13-19)16-20-11-8-14-23(20)2/h8,11,14,18-19H,3-7,9-10,12-13,15-17H2,1-2H3. The summed E-state index contributed by atoms with van der Waals surface area (Å²) in [7, 11) is 2.02. The van der Waals surface area contributed by atoms with Crippen molar-refractivity contribution in [3.8, 4) is 0 Å². The van der Waals surface area contributed by atoms with Crippen molar-refractivity contribution in [2.45, 2.75) is 77.3 Å². The van der Waals surface area contributed by atoms with E-state index >= 15 is 0 Å². The average Bonchev–Trinajstić information content (AvgIpc) is 3.45. The summed E-state index contributed by atoms with van der Waals surface area (Å²) >= 11 is 0. The van der Waals surface area contributed by atoms with Crippen molar-refractivity contribution >= 4 is 11.8 Å². The number of hydrogen-bond donors (Lipinski definition) is 0. The normalized spacial score (nSPS) is 17.7. The highest BCUT2D eigenvalue weighted by atomic mass is 16.2. The molecule has 5 heteroatoms. The summed E-state index contributed by atoms with van der Waals surface area (Å²) in [6.45, 7) is 3.74. The Hall–Kier alpha value is -1.78. The van der Waals surface area contributed by atoms with Crippen molar-refractivity contribution in [1.82, 2.24) is 14.4 Å². The minimum atomic E-state index is 0.110. The van der Waals surface area contributed by atoms with Gasteiger partial charge in [-0.25, -0.2) is 0 Å². The molecule has 3 rings (SSSR count). The lowest BCUT2D eigenvalue weighted by atomic mass is 9.88. The predicted molar refractivity (Wildman–Crippen MR) is 107 cm³/mol. The smallest absolute Gasteiger partial charge is 0.242 e. The van der Waals surface area contributed by atoms with Gasteiger partial charge in [0.1, 0.15) is 0 Å². The lowest BCUT2D eigenvalue weighted by molar-refractivity contribution is -0.144. The van der Waals surface area contributed by atoms with E-state index in [0.717, 1.165) is 57.1 Å². The van der Waals surface area contributed by atoms with Crippen molar-refractivity contribution in [1.29, 1.82) is 0 Å². The van der Waals surface area contributed by atoms with Gasteiger partial charge in [0, 0.05) is 37.4 Å². The molecule has 1 heterocycles. The van der Waals surface area contributed by atoms with Crippen LogP contribution >= 0.6 is 0 Å². The van der Waals surface area contributed by atoms with E-state index in [4.69, 9.17) is 0 Å². The van der Waals surface area contributed by atoms with Crippen LogP contribution in [0.1, 0.15) is 70.4 Å². The predicted octanol–water partition coefficient (Wildman–Crippen LogP) is 3.73. The molecule has 0 aromatic carbocycles. The fourth-order valence-electron chi connectivity index (χ4n) is 4.12. The van der Waals surface area contributed by atoms with Crippen LogP contribution < -0.4 is 0 Å². The van der Waals surface area contributed by atoms with E-state index in [1.54, 1.807) is 0 Å². The Balaban J connectivity index is 1.65. The van der Waals surface area contributed by atoms with Gasteiger partial charge in [-0.05, 0) is 44.2 Å². The van der Waals surface area contributed by atoms with Crippen LogP contribution in [0.5, 0.6) is 0 Å². The van der Waals surface area contributed by atoms with Gasteiger partial charge in [0.2, 0.25) is 11.8 Å². The van der Waals surface area contributed by atoms with Crippen molar-refractivity contribution in [3.05, 3.63) is 24.0 Å². The number of aromatic nitrogens is 1. The van der Waals surface area contributed by atoms with Crippen LogP contribution in [0.15, 0.2) is 18.3 Å². The molecule has 150 valence electrons. The van der Waals surface area contributed by atoms with Gasteiger partial charge in [-0.15, -0.1) is 0 Å². The maximum Gasteiger partial charge on any atom is 0.242 e. The summed E-state index contributed by atoms with van der Waals surface area (Å²) in [5.74, 6) is 0.454. The number of carbonyl (C=O) groups is 2. The molecule has 0 N–H and O–H groups in total. The minimum Gasteiger partial charge on any atom is -0.353 e. The molecule has 0 spiro atoms. The van der Waals surface area contributed by atoms with Gasteiger partial charge < -0.3 is 14.4 Å². The fourth-order valence-corrected chi connectivity index (χ4v) is 4.12. The van der Waals surface area contributed by atoms with E-state index in [2.05, 4.69) is 17.6 Å². The van der Waals surface area contributed by atoms with Gasteiger partial charge in [-0.1, -0.05) is 32.6 Å². The Morgan fingerprint density at radius 3 is 2.48 bits per heavy atom. The van der Waals surface area contributed by atoms with Crippen LogP contribution in [0, 0.1) is 5.92 Å². The number of amides is 2. The quantitative estimate of drug-likeness (QED) is 0.662. The van der Waals surface area contributed by atoms with E-state index in [1.807, 2.05) is 29.1 Å². The first-order chi connectivity index (χ1) is 13.1. The van der Waals surface area contributed by atoms with Crippen LogP contribution in [0.25, 0.3) is 0 Å². The highest BCUT2D eigenvalue weighted by molar-refractivity contribution is 5.86. The monoisotopic (exact) mass is 373 g/mol. The summed E-state index contributed by atoms with van der Waals surface area (Å²) in [6, 6.07) is 4.45. The van der Waals surface area contributed by atoms with Crippen LogP contribution in [-0.2, 0) is 23.2 Å². The Morgan fingerprint density at radius 2 is 1.89 bits per heavy atom. The van der Waals surface area contributed by atoms with Crippen LogP contribution in [0.3, 0.4) is 0 Å². The van der Waals surface area contributed by atoms with Gasteiger partial charge in [0.25, 0.3) is 0 Å². The number of rotatable bonds is 9. The third-order valence-corrected chi connectivity index (χ3v) is 6.07. The molecule has 0 atom stereocenters. The first-order valence-electron chi connectivity index (χ1n) is 10.8. The molecule has 2 saturated carbocycles. The van der Waals surface area contributed by atoms with Crippen molar-refractivity contribution in [2.75, 3.05) is 13.1 Å². The minimum absolute atomic E-state index is 0.110. The lowest BCUT2D eigenvalue weighted by Crippen LogP contribution is -2.46. The molecule has 27 heavy (non-hydrogen) atoms. The molecule has 0 aliphatic heterocycles. The van der Waals surface area contributed by atoms with E-state index in [9.17, 15) is 9.59 Å². The fraction of sp³-hybridized carbons (Fsp3) is 0.727. The first kappa shape index (κ1) is 20.0. The zero-order chi connectivity index (χ0) is 19.2. The zero-order valence-corrected chi connectivity index (χ0v) is 17.0. The van der Waals surface area contributed by atoms with Crippen LogP contribution in [-0.4, -0.2) is 45.3 Å². The van der Waals surface area contributed by atoms with Crippen molar-refractivity contribution < 1.29 is 9.59 Å². The maximum atomic E-state index is 13.1. The molecule has 2 fully saturated rings. The lowest BCUT2D eigenvalue weighted by Gasteiger charge is -2.31. The third-order valence-electron chi connectivity index (χ3n) is 6.07. The zero-order valence-electron chi connectivity index (χ0n) is 17.0.